The molecule has 2 aromatic rings. The number of carbonyl (C=O) groups excluding carboxylic acids is 1. The Hall–Kier alpha value is -1.86. The predicted molar refractivity (Wildman–Crippen MR) is 94.1 cm³/mol. The van der Waals surface area contributed by atoms with Crippen molar-refractivity contribution in [2.45, 2.75) is 12.5 Å². The monoisotopic (exact) mass is 409 g/mol. The maximum atomic E-state index is 12.3. The van der Waals surface area contributed by atoms with Crippen LogP contribution in [0.5, 0.6) is 0 Å². The standard InChI is InChI=1S/C17H16BrNO4S/c18-15-6-12(10-24-15)13-7-19(8-14(13)16(20)21)17(22)23-9-11-4-2-1-3-5-11/h1-6,10,13-14H,7-9H2,(H,20,21). The summed E-state index contributed by atoms with van der Waals surface area (Å²) in [4.78, 5) is 25.3. The minimum atomic E-state index is -0.888. The molecule has 2 heterocycles. The van der Waals surface area contributed by atoms with Crippen molar-refractivity contribution in [2.24, 2.45) is 5.92 Å². The molecule has 0 radical (unpaired) electrons. The quantitative estimate of drug-likeness (QED) is 0.829. The van der Waals surface area contributed by atoms with Gasteiger partial charge in [0.05, 0.1) is 9.70 Å². The second-order valence-corrected chi connectivity index (χ2v) is 7.97. The number of ether oxygens (including phenoxy) is 1. The van der Waals surface area contributed by atoms with Crippen molar-refractivity contribution in [1.82, 2.24) is 4.90 Å². The summed E-state index contributed by atoms with van der Waals surface area (Å²) < 4.78 is 6.27. The highest BCUT2D eigenvalue weighted by Crippen LogP contribution is 2.36. The lowest BCUT2D eigenvalue weighted by molar-refractivity contribution is -0.141. The zero-order valence-electron chi connectivity index (χ0n) is 12.7. The average Bonchev–Trinajstić information content (AvgIpc) is 3.20. The van der Waals surface area contributed by atoms with Crippen LogP contribution >= 0.6 is 27.3 Å². The van der Waals surface area contributed by atoms with Crippen LogP contribution in [-0.4, -0.2) is 35.2 Å². The molecule has 1 amide bonds. The molecule has 7 heteroatoms. The number of carbonyl (C=O) groups is 2. The van der Waals surface area contributed by atoms with E-state index in [2.05, 4.69) is 15.9 Å². The van der Waals surface area contributed by atoms with E-state index in [1.165, 1.54) is 16.2 Å². The predicted octanol–water partition coefficient (Wildman–Crippen LogP) is 3.95. The minimum absolute atomic E-state index is 0.168. The third kappa shape index (κ3) is 3.79. The number of hydrogen-bond acceptors (Lipinski definition) is 4. The Kier molecular flexibility index (Phi) is 5.20. The Morgan fingerprint density at radius 3 is 2.67 bits per heavy atom. The molecule has 0 saturated carbocycles. The van der Waals surface area contributed by atoms with E-state index in [1.807, 2.05) is 41.8 Å². The molecular weight excluding hydrogens is 394 g/mol. The summed E-state index contributed by atoms with van der Waals surface area (Å²) in [6, 6.07) is 11.3. The number of rotatable bonds is 4. The summed E-state index contributed by atoms with van der Waals surface area (Å²) in [5.74, 6) is -1.72. The van der Waals surface area contributed by atoms with Crippen LogP contribution in [0.4, 0.5) is 4.79 Å². The molecule has 3 rings (SSSR count). The second kappa shape index (κ2) is 7.36. The minimum Gasteiger partial charge on any atom is -0.481 e. The van der Waals surface area contributed by atoms with E-state index in [4.69, 9.17) is 4.74 Å². The molecule has 1 aromatic heterocycles. The van der Waals surface area contributed by atoms with Crippen LogP contribution in [0.3, 0.4) is 0 Å². The number of aliphatic carboxylic acids is 1. The lowest BCUT2D eigenvalue weighted by atomic mass is 9.91. The topological polar surface area (TPSA) is 66.8 Å². The molecule has 0 spiro atoms. The van der Waals surface area contributed by atoms with Crippen LogP contribution < -0.4 is 0 Å². The van der Waals surface area contributed by atoms with Gasteiger partial charge in [0.2, 0.25) is 0 Å². The van der Waals surface area contributed by atoms with Crippen molar-refractivity contribution < 1.29 is 19.4 Å². The number of benzene rings is 1. The SMILES string of the molecule is O=C(O)C1CN(C(=O)OCc2ccccc2)CC1c1csc(Br)c1. The van der Waals surface area contributed by atoms with Gasteiger partial charge in [0.15, 0.2) is 0 Å². The summed E-state index contributed by atoms with van der Waals surface area (Å²) in [7, 11) is 0. The summed E-state index contributed by atoms with van der Waals surface area (Å²) in [6.07, 6.45) is -0.470. The van der Waals surface area contributed by atoms with Crippen LogP contribution in [0.2, 0.25) is 0 Å². The van der Waals surface area contributed by atoms with Crippen molar-refractivity contribution in [3.05, 3.63) is 56.7 Å². The Morgan fingerprint density at radius 1 is 1.29 bits per heavy atom. The van der Waals surface area contributed by atoms with Gasteiger partial charge in [0.1, 0.15) is 6.61 Å². The van der Waals surface area contributed by atoms with E-state index < -0.39 is 18.0 Å². The first-order chi connectivity index (χ1) is 11.5. The number of likely N-dealkylation sites (tertiary alicyclic amines) is 1. The number of carboxylic acid groups (broad SMARTS) is 1. The van der Waals surface area contributed by atoms with Gasteiger partial charge in [0.25, 0.3) is 0 Å². The smallest absolute Gasteiger partial charge is 0.410 e. The highest BCUT2D eigenvalue weighted by atomic mass is 79.9. The summed E-state index contributed by atoms with van der Waals surface area (Å²) in [5.41, 5.74) is 1.84. The molecule has 1 saturated heterocycles. The van der Waals surface area contributed by atoms with E-state index in [0.29, 0.717) is 6.54 Å². The molecule has 1 aliphatic rings. The van der Waals surface area contributed by atoms with Crippen molar-refractivity contribution in [3.63, 3.8) is 0 Å². The molecule has 126 valence electrons. The number of halogens is 1. The number of hydrogen-bond donors (Lipinski definition) is 1. The van der Waals surface area contributed by atoms with E-state index in [9.17, 15) is 14.7 Å². The number of amides is 1. The summed E-state index contributed by atoms with van der Waals surface area (Å²) in [5, 5.41) is 11.4. The second-order valence-electron chi connectivity index (χ2n) is 5.68. The molecular formula is C17H16BrNO4S. The normalized spacial score (nSPS) is 20.1. The van der Waals surface area contributed by atoms with Gasteiger partial charge in [0, 0.05) is 19.0 Å². The summed E-state index contributed by atoms with van der Waals surface area (Å²) >= 11 is 4.91. The highest BCUT2D eigenvalue weighted by molar-refractivity contribution is 9.11. The van der Waals surface area contributed by atoms with E-state index in [1.54, 1.807) is 0 Å². The van der Waals surface area contributed by atoms with E-state index >= 15 is 0 Å². The number of carboxylic acids is 1. The molecule has 0 aliphatic carbocycles. The van der Waals surface area contributed by atoms with E-state index in [-0.39, 0.29) is 19.1 Å². The summed E-state index contributed by atoms with van der Waals surface area (Å²) in [6.45, 7) is 0.706. The van der Waals surface area contributed by atoms with Crippen LogP contribution in [-0.2, 0) is 16.1 Å². The average molecular weight is 410 g/mol. The molecule has 5 nitrogen and oxygen atoms in total. The molecule has 24 heavy (non-hydrogen) atoms. The number of thiophene rings is 1. The van der Waals surface area contributed by atoms with Gasteiger partial charge in [-0.3, -0.25) is 4.79 Å². The fourth-order valence-corrected chi connectivity index (χ4v) is 4.11. The van der Waals surface area contributed by atoms with Crippen LogP contribution in [0.15, 0.2) is 45.6 Å². The van der Waals surface area contributed by atoms with Gasteiger partial charge >= 0.3 is 12.1 Å². The van der Waals surface area contributed by atoms with Crippen LogP contribution in [0, 0.1) is 5.92 Å². The Morgan fingerprint density at radius 2 is 2.04 bits per heavy atom. The zero-order chi connectivity index (χ0) is 17.1. The first-order valence-corrected chi connectivity index (χ1v) is 9.14. The van der Waals surface area contributed by atoms with Crippen molar-refractivity contribution >= 4 is 39.3 Å². The fourth-order valence-electron chi connectivity index (χ4n) is 2.87. The lowest BCUT2D eigenvalue weighted by Crippen LogP contribution is -2.30. The van der Waals surface area contributed by atoms with Gasteiger partial charge in [-0.2, -0.15) is 0 Å². The van der Waals surface area contributed by atoms with Gasteiger partial charge in [-0.1, -0.05) is 30.3 Å². The van der Waals surface area contributed by atoms with Gasteiger partial charge in [-0.15, -0.1) is 11.3 Å². The van der Waals surface area contributed by atoms with Crippen LogP contribution in [0.1, 0.15) is 17.0 Å². The zero-order valence-corrected chi connectivity index (χ0v) is 15.1. The van der Waals surface area contributed by atoms with Crippen molar-refractivity contribution in [2.75, 3.05) is 13.1 Å². The molecule has 1 aromatic carbocycles. The molecule has 1 N–H and O–H groups in total. The number of nitrogens with zero attached hydrogens (tertiary/aromatic N) is 1. The molecule has 1 fully saturated rings. The highest BCUT2D eigenvalue weighted by Gasteiger charge is 2.41. The van der Waals surface area contributed by atoms with E-state index in [0.717, 1.165) is 14.9 Å². The third-order valence-corrected chi connectivity index (χ3v) is 5.64. The maximum Gasteiger partial charge on any atom is 0.410 e. The van der Waals surface area contributed by atoms with Gasteiger partial charge in [-0.05, 0) is 38.5 Å². The van der Waals surface area contributed by atoms with Crippen LogP contribution in [0.25, 0.3) is 0 Å². The Labute approximate surface area is 152 Å². The third-order valence-electron chi connectivity index (χ3n) is 4.12. The molecule has 2 unspecified atom stereocenters. The molecule has 0 bridgehead atoms. The van der Waals surface area contributed by atoms with Gasteiger partial charge in [-0.25, -0.2) is 4.79 Å². The fraction of sp³-hybridized carbons (Fsp3) is 0.294. The van der Waals surface area contributed by atoms with Gasteiger partial charge < -0.3 is 14.7 Å². The molecule has 2 atom stereocenters. The first-order valence-electron chi connectivity index (χ1n) is 7.47. The Balaban J connectivity index is 1.66. The maximum absolute atomic E-state index is 12.3. The first kappa shape index (κ1) is 17.0. The lowest BCUT2D eigenvalue weighted by Gasteiger charge is -2.16. The largest absolute Gasteiger partial charge is 0.481 e. The Bertz CT molecular complexity index is 733. The van der Waals surface area contributed by atoms with Crippen molar-refractivity contribution in [1.29, 1.82) is 0 Å². The molecule has 1 aliphatic heterocycles. The van der Waals surface area contributed by atoms with Crippen molar-refractivity contribution in [3.8, 4) is 0 Å².